The minimum absolute atomic E-state index is 0.0256. The number of nitrogens with one attached hydrogen (secondary N) is 1. The van der Waals surface area contributed by atoms with Crippen molar-refractivity contribution in [1.82, 2.24) is 9.97 Å². The second-order valence-corrected chi connectivity index (χ2v) is 4.33. The fourth-order valence-corrected chi connectivity index (χ4v) is 1.67. The van der Waals surface area contributed by atoms with Crippen LogP contribution in [0.1, 0.15) is 17.0 Å². The van der Waals surface area contributed by atoms with Gasteiger partial charge in [0.05, 0.1) is 11.8 Å². The molecule has 2 rings (SSSR count). The van der Waals surface area contributed by atoms with Gasteiger partial charge in [0.2, 0.25) is 11.8 Å². The minimum atomic E-state index is -2.22. The van der Waals surface area contributed by atoms with E-state index in [2.05, 4.69) is 20.5 Å². The van der Waals surface area contributed by atoms with Gasteiger partial charge in [-0.3, -0.25) is 0 Å². The van der Waals surface area contributed by atoms with Gasteiger partial charge in [-0.25, -0.2) is 37.3 Å². The molecule has 0 unspecified atom stereocenters. The maximum Gasteiger partial charge on any atom is 0.243 e. The molecule has 0 bridgehead atoms. The van der Waals surface area contributed by atoms with Gasteiger partial charge < -0.3 is 0 Å². The third-order valence-corrected chi connectivity index (χ3v) is 2.58. The first-order valence-electron chi connectivity index (χ1n) is 5.94. The van der Waals surface area contributed by atoms with Crippen LogP contribution in [0.4, 0.5) is 27.9 Å². The molecule has 0 aliphatic carbocycles. The Bertz CT molecular complexity index is 711. The fraction of sp³-hybridized carbons (Fsp3) is 0.154. The molecular weight excluding hydrogens is 307 g/mol. The zero-order valence-electron chi connectivity index (χ0n) is 11.4. The summed E-state index contributed by atoms with van der Waals surface area (Å²) in [5, 5.41) is 3.39. The molecule has 0 radical (unpaired) electrons. The quantitative estimate of drug-likeness (QED) is 0.311. The van der Waals surface area contributed by atoms with E-state index in [0.717, 1.165) is 0 Å². The van der Waals surface area contributed by atoms with E-state index in [4.69, 9.17) is 0 Å². The summed E-state index contributed by atoms with van der Waals surface area (Å²) in [6.45, 7) is 3.38. The summed E-state index contributed by atoms with van der Waals surface area (Å²) in [5.41, 5.74) is 2.32. The van der Waals surface area contributed by atoms with Crippen molar-refractivity contribution in [2.75, 3.05) is 5.43 Å². The maximum absolute atomic E-state index is 13.4. The van der Waals surface area contributed by atoms with Gasteiger partial charge in [0, 0.05) is 11.4 Å². The van der Waals surface area contributed by atoms with Crippen molar-refractivity contribution in [2.24, 2.45) is 5.10 Å². The Morgan fingerprint density at radius 3 is 1.82 bits per heavy atom. The lowest BCUT2D eigenvalue weighted by Crippen LogP contribution is -2.07. The highest BCUT2D eigenvalue weighted by Gasteiger charge is 2.24. The smallest absolute Gasteiger partial charge is 0.243 e. The third kappa shape index (κ3) is 3.02. The monoisotopic (exact) mass is 316 g/mol. The summed E-state index contributed by atoms with van der Waals surface area (Å²) in [6, 6.07) is 1.68. The van der Waals surface area contributed by atoms with Gasteiger partial charge in [-0.2, -0.15) is 5.10 Å². The number of rotatable bonds is 3. The molecule has 4 nitrogen and oxygen atoms in total. The molecule has 0 saturated heterocycles. The maximum atomic E-state index is 13.4. The Morgan fingerprint density at radius 2 is 1.32 bits per heavy atom. The van der Waals surface area contributed by atoms with Gasteiger partial charge in [0.15, 0.2) is 23.3 Å². The second kappa shape index (κ2) is 6.04. The Labute approximate surface area is 121 Å². The molecule has 0 saturated carbocycles. The van der Waals surface area contributed by atoms with Gasteiger partial charge in [0.25, 0.3) is 0 Å². The van der Waals surface area contributed by atoms with Crippen LogP contribution in [0.15, 0.2) is 11.2 Å². The Morgan fingerprint density at radius 1 is 0.864 bits per heavy atom. The standard InChI is InChI=1S/C13H9F5N4/c1-5-3-6(2)21-13(20-5)22-19-4-7-8(14)10(16)12(18)11(17)9(7)15/h3-4H,1-2H3,(H,20,21,22)/b19-4+. The lowest BCUT2D eigenvalue weighted by atomic mass is 10.2. The molecule has 1 aromatic carbocycles. The SMILES string of the molecule is Cc1cc(C)nc(N/N=C/c2c(F)c(F)c(F)c(F)c2F)n1. The predicted octanol–water partition coefficient (Wildman–Crippen LogP) is 3.23. The van der Waals surface area contributed by atoms with Gasteiger partial charge in [0.1, 0.15) is 0 Å². The Kier molecular flexibility index (Phi) is 4.34. The van der Waals surface area contributed by atoms with Crippen LogP contribution in [-0.4, -0.2) is 16.2 Å². The molecule has 0 atom stereocenters. The molecule has 0 aliphatic heterocycles. The van der Waals surface area contributed by atoms with Crippen LogP contribution in [0.3, 0.4) is 0 Å². The van der Waals surface area contributed by atoms with E-state index in [1.54, 1.807) is 19.9 Å². The lowest BCUT2D eigenvalue weighted by molar-refractivity contribution is 0.377. The van der Waals surface area contributed by atoms with Crippen molar-refractivity contribution in [3.63, 3.8) is 0 Å². The molecule has 9 heteroatoms. The average Bonchev–Trinajstić information content (AvgIpc) is 2.46. The van der Waals surface area contributed by atoms with Crippen LogP contribution in [0.5, 0.6) is 0 Å². The van der Waals surface area contributed by atoms with Gasteiger partial charge >= 0.3 is 0 Å². The third-order valence-electron chi connectivity index (χ3n) is 2.58. The van der Waals surface area contributed by atoms with Crippen LogP contribution in [0.2, 0.25) is 0 Å². The molecular formula is C13H9F5N4. The summed E-state index contributed by atoms with van der Waals surface area (Å²) < 4.78 is 65.6. The van der Waals surface area contributed by atoms with E-state index in [0.29, 0.717) is 17.6 Å². The van der Waals surface area contributed by atoms with Crippen LogP contribution in [0.25, 0.3) is 0 Å². The number of hydrogen-bond donors (Lipinski definition) is 1. The van der Waals surface area contributed by atoms with Crippen molar-refractivity contribution in [3.05, 3.63) is 52.1 Å². The molecule has 1 aromatic heterocycles. The van der Waals surface area contributed by atoms with E-state index in [1.807, 2.05) is 0 Å². The number of hydrogen-bond acceptors (Lipinski definition) is 4. The van der Waals surface area contributed by atoms with Crippen molar-refractivity contribution < 1.29 is 22.0 Å². The van der Waals surface area contributed by atoms with Crippen molar-refractivity contribution in [1.29, 1.82) is 0 Å². The normalized spacial score (nSPS) is 11.2. The van der Waals surface area contributed by atoms with E-state index >= 15 is 0 Å². The van der Waals surface area contributed by atoms with E-state index in [1.165, 1.54) is 0 Å². The molecule has 2 aromatic rings. The summed E-state index contributed by atoms with van der Waals surface area (Å²) in [5.74, 6) is -10.2. The van der Waals surface area contributed by atoms with E-state index < -0.39 is 34.6 Å². The molecule has 22 heavy (non-hydrogen) atoms. The Balaban J connectivity index is 2.31. The molecule has 0 amide bonds. The molecule has 1 N–H and O–H groups in total. The second-order valence-electron chi connectivity index (χ2n) is 4.33. The van der Waals surface area contributed by atoms with E-state index in [9.17, 15) is 22.0 Å². The predicted molar refractivity (Wildman–Crippen MR) is 69.0 cm³/mol. The molecule has 0 spiro atoms. The number of aromatic nitrogens is 2. The van der Waals surface area contributed by atoms with Crippen LogP contribution in [-0.2, 0) is 0 Å². The zero-order chi connectivity index (χ0) is 16.4. The minimum Gasteiger partial charge on any atom is -0.245 e. The topological polar surface area (TPSA) is 50.2 Å². The molecule has 116 valence electrons. The average molecular weight is 316 g/mol. The zero-order valence-corrected chi connectivity index (χ0v) is 11.4. The Hall–Kier alpha value is -2.58. The number of benzene rings is 1. The number of aryl methyl sites for hydroxylation is 2. The van der Waals surface area contributed by atoms with Gasteiger partial charge in [-0.1, -0.05) is 0 Å². The fourth-order valence-electron chi connectivity index (χ4n) is 1.67. The van der Waals surface area contributed by atoms with Gasteiger partial charge in [-0.05, 0) is 19.9 Å². The van der Waals surface area contributed by atoms with Crippen LogP contribution >= 0.6 is 0 Å². The highest BCUT2D eigenvalue weighted by Crippen LogP contribution is 2.21. The van der Waals surface area contributed by atoms with Crippen LogP contribution < -0.4 is 5.43 Å². The van der Waals surface area contributed by atoms with Gasteiger partial charge in [-0.15, -0.1) is 0 Å². The summed E-state index contributed by atoms with van der Waals surface area (Å²) >= 11 is 0. The molecule has 0 aliphatic rings. The van der Waals surface area contributed by atoms with Crippen LogP contribution in [0, 0.1) is 42.9 Å². The largest absolute Gasteiger partial charge is 0.245 e. The first-order valence-corrected chi connectivity index (χ1v) is 5.94. The van der Waals surface area contributed by atoms with Crippen molar-refractivity contribution >= 4 is 12.2 Å². The first-order chi connectivity index (χ1) is 10.3. The van der Waals surface area contributed by atoms with Crippen molar-refractivity contribution in [3.8, 4) is 0 Å². The first kappa shape index (κ1) is 15.8. The number of anilines is 1. The highest BCUT2D eigenvalue weighted by molar-refractivity contribution is 5.81. The molecule has 0 fully saturated rings. The highest BCUT2D eigenvalue weighted by atomic mass is 19.2. The molecule has 1 heterocycles. The summed E-state index contributed by atoms with van der Waals surface area (Å²) in [7, 11) is 0. The number of halogens is 5. The summed E-state index contributed by atoms with van der Waals surface area (Å²) in [4.78, 5) is 7.86. The summed E-state index contributed by atoms with van der Waals surface area (Å²) in [6.07, 6.45) is 0.470. The lowest BCUT2D eigenvalue weighted by Gasteiger charge is -2.04. The van der Waals surface area contributed by atoms with Crippen molar-refractivity contribution in [2.45, 2.75) is 13.8 Å². The van der Waals surface area contributed by atoms with E-state index in [-0.39, 0.29) is 5.95 Å². The number of nitrogens with zero attached hydrogens (tertiary/aromatic N) is 3. The number of hydrazone groups is 1.